The van der Waals surface area contributed by atoms with Crippen LogP contribution in [0.4, 0.5) is 0 Å². The molecular formula is C33H36BrN3O6. The van der Waals surface area contributed by atoms with Crippen molar-refractivity contribution in [2.45, 2.75) is 53.6 Å². The molecule has 0 aliphatic heterocycles. The SMILES string of the molecule is CCOc1cc(C=Nn2c(-c3cc(C(C)C)c(OC)cc3C)nc3ccccc3c2=O)c(Br)cc1OCC(=O)OC(C)C. The van der Waals surface area contributed by atoms with Crippen molar-refractivity contribution in [1.82, 2.24) is 9.66 Å². The second kappa shape index (κ2) is 13.9. The van der Waals surface area contributed by atoms with Crippen LogP contribution in [0.2, 0.25) is 0 Å². The van der Waals surface area contributed by atoms with Gasteiger partial charge in [-0.25, -0.2) is 9.78 Å². The summed E-state index contributed by atoms with van der Waals surface area (Å²) >= 11 is 3.57. The molecule has 0 saturated carbocycles. The molecular weight excluding hydrogens is 614 g/mol. The maximum absolute atomic E-state index is 13.8. The Morgan fingerprint density at radius 3 is 2.44 bits per heavy atom. The average molecular weight is 651 g/mol. The lowest BCUT2D eigenvalue weighted by molar-refractivity contribution is -0.149. The molecule has 0 aliphatic carbocycles. The van der Waals surface area contributed by atoms with Crippen molar-refractivity contribution in [2.75, 3.05) is 20.3 Å². The van der Waals surface area contributed by atoms with E-state index in [0.717, 1.165) is 22.4 Å². The number of hydrogen-bond acceptors (Lipinski definition) is 8. The van der Waals surface area contributed by atoms with Crippen molar-refractivity contribution >= 4 is 39.0 Å². The number of methoxy groups -OCH3 is 1. The minimum Gasteiger partial charge on any atom is -0.496 e. The number of aryl methyl sites for hydroxylation is 1. The fourth-order valence-corrected chi connectivity index (χ4v) is 4.98. The van der Waals surface area contributed by atoms with Gasteiger partial charge < -0.3 is 18.9 Å². The molecule has 4 aromatic rings. The number of halogens is 1. The first kappa shape index (κ1) is 31.7. The van der Waals surface area contributed by atoms with E-state index in [4.69, 9.17) is 23.9 Å². The van der Waals surface area contributed by atoms with E-state index in [9.17, 15) is 9.59 Å². The van der Waals surface area contributed by atoms with Gasteiger partial charge in [0.05, 0.1) is 36.9 Å². The lowest BCUT2D eigenvalue weighted by atomic mass is 9.96. The predicted molar refractivity (Wildman–Crippen MR) is 172 cm³/mol. The molecule has 0 saturated heterocycles. The number of fused-ring (bicyclic) bond motifs is 1. The molecule has 0 spiro atoms. The molecule has 1 aromatic heterocycles. The Morgan fingerprint density at radius 1 is 1.05 bits per heavy atom. The molecule has 0 atom stereocenters. The monoisotopic (exact) mass is 649 g/mol. The summed E-state index contributed by atoms with van der Waals surface area (Å²) in [7, 11) is 1.65. The van der Waals surface area contributed by atoms with Gasteiger partial charge in [-0.2, -0.15) is 9.78 Å². The third-order valence-electron chi connectivity index (χ3n) is 6.58. The topological polar surface area (TPSA) is 101 Å². The number of rotatable bonds is 11. The summed E-state index contributed by atoms with van der Waals surface area (Å²) < 4.78 is 24.2. The van der Waals surface area contributed by atoms with Crippen LogP contribution in [0.3, 0.4) is 0 Å². The average Bonchev–Trinajstić information content (AvgIpc) is 2.96. The number of nitrogens with zero attached hydrogens (tertiary/aromatic N) is 3. The molecule has 3 aromatic carbocycles. The van der Waals surface area contributed by atoms with Crippen molar-refractivity contribution in [3.05, 3.63) is 80.0 Å². The highest BCUT2D eigenvalue weighted by Gasteiger charge is 2.19. The van der Waals surface area contributed by atoms with E-state index >= 15 is 0 Å². The van der Waals surface area contributed by atoms with Gasteiger partial charge in [0, 0.05) is 15.6 Å². The zero-order valence-electron chi connectivity index (χ0n) is 25.4. The van der Waals surface area contributed by atoms with Gasteiger partial charge >= 0.3 is 5.97 Å². The van der Waals surface area contributed by atoms with Crippen molar-refractivity contribution in [1.29, 1.82) is 0 Å². The largest absolute Gasteiger partial charge is 0.496 e. The van der Waals surface area contributed by atoms with Crippen LogP contribution in [0.15, 0.2) is 62.9 Å². The molecule has 0 fully saturated rings. The third-order valence-corrected chi connectivity index (χ3v) is 7.27. The summed E-state index contributed by atoms with van der Waals surface area (Å²) in [4.78, 5) is 30.7. The quantitative estimate of drug-likeness (QED) is 0.129. The Balaban J connectivity index is 1.83. The molecule has 9 nitrogen and oxygen atoms in total. The highest BCUT2D eigenvalue weighted by Crippen LogP contribution is 2.35. The minimum absolute atomic E-state index is 0.180. The molecule has 0 radical (unpaired) electrons. The van der Waals surface area contributed by atoms with E-state index in [1.54, 1.807) is 51.4 Å². The lowest BCUT2D eigenvalue weighted by Crippen LogP contribution is -2.21. The van der Waals surface area contributed by atoms with Crippen LogP contribution in [0.1, 0.15) is 57.2 Å². The number of hydrogen-bond donors (Lipinski definition) is 0. The van der Waals surface area contributed by atoms with E-state index in [0.29, 0.717) is 44.9 Å². The Bertz CT molecular complexity index is 1730. The Morgan fingerprint density at radius 2 is 1.77 bits per heavy atom. The van der Waals surface area contributed by atoms with E-state index < -0.39 is 5.97 Å². The van der Waals surface area contributed by atoms with Crippen LogP contribution in [0.25, 0.3) is 22.3 Å². The molecule has 10 heteroatoms. The van der Waals surface area contributed by atoms with Gasteiger partial charge in [0.25, 0.3) is 5.56 Å². The standard InChI is InChI=1S/C33H36BrN3O6/c1-8-41-29-14-22(26(34)16-30(29)42-18-31(38)43-20(4)5)17-35-37-32(36-27-12-10-9-11-23(27)33(37)39)25-15-24(19(2)3)28(40-7)13-21(25)6/h9-17,19-20H,8,18H2,1-7H3. The minimum atomic E-state index is -0.482. The van der Waals surface area contributed by atoms with Gasteiger partial charge in [0.15, 0.2) is 23.9 Å². The van der Waals surface area contributed by atoms with Crippen molar-refractivity contribution in [2.24, 2.45) is 5.10 Å². The van der Waals surface area contributed by atoms with Gasteiger partial charge in [-0.1, -0.05) is 26.0 Å². The Kier molecular flexibility index (Phi) is 10.2. The van der Waals surface area contributed by atoms with Crippen LogP contribution < -0.4 is 19.8 Å². The molecule has 226 valence electrons. The van der Waals surface area contributed by atoms with Gasteiger partial charge in [0.2, 0.25) is 0 Å². The fourth-order valence-electron chi connectivity index (χ4n) is 4.56. The summed E-state index contributed by atoms with van der Waals surface area (Å²) in [5.41, 5.74) is 3.56. The summed E-state index contributed by atoms with van der Waals surface area (Å²) in [6.45, 7) is 11.6. The number of carbonyl (C=O) groups excluding carboxylic acids is 1. The summed E-state index contributed by atoms with van der Waals surface area (Å²) in [5, 5.41) is 5.09. The van der Waals surface area contributed by atoms with Crippen LogP contribution >= 0.6 is 15.9 Å². The van der Waals surface area contributed by atoms with Crippen LogP contribution in [0, 0.1) is 6.92 Å². The summed E-state index contributed by atoms with van der Waals surface area (Å²) in [6, 6.07) is 14.6. The molecule has 1 heterocycles. The third kappa shape index (κ3) is 7.25. The first-order valence-corrected chi connectivity index (χ1v) is 14.9. The van der Waals surface area contributed by atoms with Gasteiger partial charge in [0.1, 0.15) is 5.75 Å². The highest BCUT2D eigenvalue weighted by atomic mass is 79.9. The van der Waals surface area contributed by atoms with Crippen molar-refractivity contribution < 1.29 is 23.7 Å². The molecule has 0 aliphatic rings. The summed E-state index contributed by atoms with van der Waals surface area (Å²) in [5.74, 6) is 1.67. The number of benzene rings is 3. The molecule has 0 bridgehead atoms. The summed E-state index contributed by atoms with van der Waals surface area (Å²) in [6.07, 6.45) is 1.32. The van der Waals surface area contributed by atoms with Crippen molar-refractivity contribution in [3.8, 4) is 28.6 Å². The Hall–Kier alpha value is -4.18. The smallest absolute Gasteiger partial charge is 0.344 e. The van der Waals surface area contributed by atoms with Gasteiger partial charge in [-0.05, 0) is 97.1 Å². The molecule has 0 amide bonds. The van der Waals surface area contributed by atoms with E-state index in [1.165, 1.54) is 4.68 Å². The molecule has 43 heavy (non-hydrogen) atoms. The second-order valence-corrected chi connectivity index (χ2v) is 11.3. The maximum Gasteiger partial charge on any atom is 0.344 e. The maximum atomic E-state index is 13.8. The van der Waals surface area contributed by atoms with E-state index in [2.05, 4.69) is 34.9 Å². The molecule has 0 unspecified atom stereocenters. The first-order chi connectivity index (χ1) is 20.5. The molecule has 4 rings (SSSR count). The Labute approximate surface area is 259 Å². The van der Waals surface area contributed by atoms with Gasteiger partial charge in [-0.15, -0.1) is 0 Å². The number of ether oxygens (including phenoxy) is 4. The number of esters is 1. The zero-order chi connectivity index (χ0) is 31.3. The molecule has 0 N–H and O–H groups in total. The number of para-hydroxylation sites is 1. The normalized spacial score (nSPS) is 11.5. The lowest BCUT2D eigenvalue weighted by Gasteiger charge is -2.17. The van der Waals surface area contributed by atoms with E-state index in [-0.39, 0.29) is 24.2 Å². The zero-order valence-corrected chi connectivity index (χ0v) is 27.0. The fraction of sp³-hybridized carbons (Fsp3) is 0.333. The number of carbonyl (C=O) groups is 1. The van der Waals surface area contributed by atoms with E-state index in [1.807, 2.05) is 38.1 Å². The van der Waals surface area contributed by atoms with Gasteiger partial charge in [-0.3, -0.25) is 4.79 Å². The second-order valence-electron chi connectivity index (χ2n) is 10.5. The predicted octanol–water partition coefficient (Wildman–Crippen LogP) is 6.88. The first-order valence-electron chi connectivity index (χ1n) is 14.1. The van der Waals surface area contributed by atoms with Crippen LogP contribution in [-0.2, 0) is 9.53 Å². The highest BCUT2D eigenvalue weighted by molar-refractivity contribution is 9.10. The van der Waals surface area contributed by atoms with Crippen molar-refractivity contribution in [3.63, 3.8) is 0 Å². The number of aromatic nitrogens is 2. The van der Waals surface area contributed by atoms with Crippen LogP contribution in [0.5, 0.6) is 17.2 Å². The van der Waals surface area contributed by atoms with Crippen LogP contribution in [-0.4, -0.2) is 48.3 Å².